The van der Waals surface area contributed by atoms with E-state index in [4.69, 9.17) is 0 Å². The maximum atomic E-state index is 12.1. The Bertz CT molecular complexity index is 449. The largest absolute Gasteiger partial charge is 0.435 e. The molecule has 2 rings (SSSR count). The van der Waals surface area contributed by atoms with Gasteiger partial charge < -0.3 is 10.1 Å². The number of ether oxygens (including phenoxy) is 1. The van der Waals surface area contributed by atoms with Crippen molar-refractivity contribution in [3.8, 4) is 5.75 Å². The van der Waals surface area contributed by atoms with Crippen molar-refractivity contribution < 1.29 is 13.5 Å². The zero-order chi connectivity index (χ0) is 16.2. The van der Waals surface area contributed by atoms with E-state index in [1.54, 1.807) is 12.1 Å². The minimum atomic E-state index is -2.77. The van der Waals surface area contributed by atoms with E-state index in [1.165, 1.54) is 0 Å². The van der Waals surface area contributed by atoms with Gasteiger partial charge in [0.2, 0.25) is 0 Å². The van der Waals surface area contributed by atoms with E-state index in [1.807, 2.05) is 12.1 Å². The van der Waals surface area contributed by atoms with E-state index in [0.29, 0.717) is 6.04 Å². The highest BCUT2D eigenvalue weighted by molar-refractivity contribution is 5.27. The Balaban J connectivity index is 1.75. The molecule has 0 aromatic heterocycles. The fraction of sp³-hybridized carbons (Fsp3) is 0.647. The number of piperidine rings is 1. The van der Waals surface area contributed by atoms with Crippen LogP contribution in [0.3, 0.4) is 0 Å². The molecule has 1 aromatic carbocycles. The molecule has 0 radical (unpaired) electrons. The SMILES string of the molecule is CC(C)(C)N1CCC(NCc2ccc(OC(F)F)cc2)CC1. The summed E-state index contributed by atoms with van der Waals surface area (Å²) >= 11 is 0. The molecule has 1 fully saturated rings. The summed E-state index contributed by atoms with van der Waals surface area (Å²) in [7, 11) is 0. The Hall–Kier alpha value is -1.20. The number of halogens is 2. The lowest BCUT2D eigenvalue weighted by Gasteiger charge is -2.41. The second-order valence-corrected chi connectivity index (χ2v) is 6.84. The van der Waals surface area contributed by atoms with Crippen molar-refractivity contribution in [2.45, 2.75) is 58.3 Å². The first-order valence-electron chi connectivity index (χ1n) is 7.87. The first-order valence-corrected chi connectivity index (χ1v) is 7.87. The number of rotatable bonds is 5. The molecule has 0 aliphatic carbocycles. The van der Waals surface area contributed by atoms with Crippen molar-refractivity contribution in [2.24, 2.45) is 0 Å². The van der Waals surface area contributed by atoms with Crippen molar-refractivity contribution in [2.75, 3.05) is 13.1 Å². The van der Waals surface area contributed by atoms with E-state index < -0.39 is 6.61 Å². The molecule has 0 spiro atoms. The number of benzene rings is 1. The lowest BCUT2D eigenvalue weighted by molar-refractivity contribution is -0.0498. The van der Waals surface area contributed by atoms with Crippen LogP contribution in [0.4, 0.5) is 8.78 Å². The third-order valence-electron chi connectivity index (χ3n) is 4.19. The molecule has 1 aromatic rings. The Labute approximate surface area is 131 Å². The molecule has 1 aliphatic heterocycles. The molecule has 1 heterocycles. The molecule has 124 valence electrons. The molecule has 0 unspecified atom stereocenters. The quantitative estimate of drug-likeness (QED) is 0.898. The highest BCUT2D eigenvalue weighted by Gasteiger charge is 2.26. The molecule has 3 nitrogen and oxygen atoms in total. The van der Waals surface area contributed by atoms with Gasteiger partial charge in [0.15, 0.2) is 0 Å². The van der Waals surface area contributed by atoms with Gasteiger partial charge in [0.25, 0.3) is 0 Å². The maximum Gasteiger partial charge on any atom is 0.387 e. The molecule has 0 atom stereocenters. The standard InChI is InChI=1S/C17H26F2N2O/c1-17(2,3)21-10-8-14(9-11-21)20-12-13-4-6-15(7-5-13)22-16(18)19/h4-7,14,16,20H,8-12H2,1-3H3. The number of nitrogens with zero attached hydrogens (tertiary/aromatic N) is 1. The minimum Gasteiger partial charge on any atom is -0.435 e. The van der Waals surface area contributed by atoms with Crippen LogP contribution in [-0.2, 0) is 6.54 Å². The second-order valence-electron chi connectivity index (χ2n) is 6.84. The summed E-state index contributed by atoms with van der Waals surface area (Å²) in [5.41, 5.74) is 1.32. The van der Waals surface area contributed by atoms with Crippen LogP contribution in [-0.4, -0.2) is 36.2 Å². The highest BCUT2D eigenvalue weighted by atomic mass is 19.3. The summed E-state index contributed by atoms with van der Waals surface area (Å²) in [6.45, 7) is 6.98. The number of nitrogens with one attached hydrogen (secondary N) is 1. The van der Waals surface area contributed by atoms with Crippen molar-refractivity contribution in [1.29, 1.82) is 0 Å². The summed E-state index contributed by atoms with van der Waals surface area (Å²) in [6.07, 6.45) is 2.29. The second kappa shape index (κ2) is 7.38. The van der Waals surface area contributed by atoms with Crippen LogP contribution in [0.2, 0.25) is 0 Å². The first kappa shape index (κ1) is 17.2. The molecule has 0 bridgehead atoms. The van der Waals surface area contributed by atoms with Gasteiger partial charge in [0, 0.05) is 31.2 Å². The lowest BCUT2D eigenvalue weighted by Crippen LogP contribution is -2.49. The van der Waals surface area contributed by atoms with Gasteiger partial charge in [-0.3, -0.25) is 4.90 Å². The average Bonchev–Trinajstić information content (AvgIpc) is 2.45. The van der Waals surface area contributed by atoms with Crippen LogP contribution < -0.4 is 10.1 Å². The molecular formula is C17H26F2N2O. The van der Waals surface area contributed by atoms with E-state index in [2.05, 4.69) is 35.7 Å². The Kier molecular flexibility index (Phi) is 5.75. The maximum absolute atomic E-state index is 12.1. The highest BCUT2D eigenvalue weighted by Crippen LogP contribution is 2.20. The van der Waals surface area contributed by atoms with Crippen LogP contribution in [0, 0.1) is 0 Å². The van der Waals surface area contributed by atoms with Crippen LogP contribution in [0.25, 0.3) is 0 Å². The number of hydrogen-bond acceptors (Lipinski definition) is 3. The Morgan fingerprint density at radius 3 is 2.27 bits per heavy atom. The van der Waals surface area contributed by atoms with Crippen molar-refractivity contribution >= 4 is 0 Å². The van der Waals surface area contributed by atoms with Gasteiger partial charge in [-0.1, -0.05) is 12.1 Å². The number of hydrogen-bond donors (Lipinski definition) is 1. The fourth-order valence-corrected chi connectivity index (χ4v) is 2.81. The predicted octanol–water partition coefficient (Wildman–Crippen LogP) is 3.64. The predicted molar refractivity (Wildman–Crippen MR) is 84.3 cm³/mol. The van der Waals surface area contributed by atoms with E-state index in [-0.39, 0.29) is 11.3 Å². The van der Waals surface area contributed by atoms with E-state index >= 15 is 0 Å². The minimum absolute atomic E-state index is 0.206. The molecule has 0 amide bonds. The third kappa shape index (κ3) is 5.21. The van der Waals surface area contributed by atoms with E-state index in [9.17, 15) is 8.78 Å². The van der Waals surface area contributed by atoms with Crippen LogP contribution in [0.5, 0.6) is 5.75 Å². The molecule has 1 aliphatic rings. The fourth-order valence-electron chi connectivity index (χ4n) is 2.81. The smallest absolute Gasteiger partial charge is 0.387 e. The van der Waals surface area contributed by atoms with Gasteiger partial charge in [0.05, 0.1) is 0 Å². The molecule has 5 heteroatoms. The lowest BCUT2D eigenvalue weighted by atomic mass is 9.98. The molecule has 1 N–H and O–H groups in total. The Morgan fingerprint density at radius 1 is 1.18 bits per heavy atom. The molecule has 0 saturated carbocycles. The van der Waals surface area contributed by atoms with Gasteiger partial charge >= 0.3 is 6.61 Å². The first-order chi connectivity index (χ1) is 10.3. The average molecular weight is 312 g/mol. The molecule has 1 saturated heterocycles. The zero-order valence-electron chi connectivity index (χ0n) is 13.6. The van der Waals surface area contributed by atoms with Gasteiger partial charge in [-0.15, -0.1) is 0 Å². The summed E-state index contributed by atoms with van der Waals surface area (Å²) < 4.78 is 28.5. The van der Waals surface area contributed by atoms with Crippen LogP contribution in [0.15, 0.2) is 24.3 Å². The molecule has 22 heavy (non-hydrogen) atoms. The van der Waals surface area contributed by atoms with Crippen LogP contribution >= 0.6 is 0 Å². The number of likely N-dealkylation sites (tertiary alicyclic amines) is 1. The summed E-state index contributed by atoms with van der Waals surface area (Å²) in [5, 5.41) is 3.55. The molecular weight excluding hydrogens is 286 g/mol. The van der Waals surface area contributed by atoms with Gasteiger partial charge in [-0.2, -0.15) is 8.78 Å². The van der Waals surface area contributed by atoms with Crippen molar-refractivity contribution in [3.63, 3.8) is 0 Å². The zero-order valence-corrected chi connectivity index (χ0v) is 13.6. The normalized spacial score (nSPS) is 17.9. The van der Waals surface area contributed by atoms with Gasteiger partial charge in [-0.05, 0) is 51.3 Å². The third-order valence-corrected chi connectivity index (χ3v) is 4.19. The summed E-state index contributed by atoms with van der Waals surface area (Å²) in [5.74, 6) is 0.206. The monoisotopic (exact) mass is 312 g/mol. The summed E-state index contributed by atoms with van der Waals surface area (Å²) in [6, 6.07) is 7.36. The summed E-state index contributed by atoms with van der Waals surface area (Å²) in [4.78, 5) is 2.52. The number of alkyl halides is 2. The van der Waals surface area contributed by atoms with Crippen molar-refractivity contribution in [3.05, 3.63) is 29.8 Å². The van der Waals surface area contributed by atoms with Crippen molar-refractivity contribution in [1.82, 2.24) is 10.2 Å². The van der Waals surface area contributed by atoms with Gasteiger partial charge in [0.1, 0.15) is 5.75 Å². The topological polar surface area (TPSA) is 24.5 Å². The van der Waals surface area contributed by atoms with Crippen LogP contribution in [0.1, 0.15) is 39.2 Å². The van der Waals surface area contributed by atoms with E-state index in [0.717, 1.165) is 38.0 Å². The Morgan fingerprint density at radius 2 is 1.77 bits per heavy atom. The van der Waals surface area contributed by atoms with Gasteiger partial charge in [-0.25, -0.2) is 0 Å².